The molecule has 2 aromatic carbocycles. The molecule has 0 aliphatic rings. The standard InChI is InChI=1S/C18H20Br2O3P/c19-17-9-5-15(6-10-17)3-1-13-22-24(21)23-14-2-4-16-7-11-18(20)12-8-16/h5-12H,1-4,13-14H2/q+1. The molecule has 0 amide bonds. The molecule has 2 aromatic rings. The summed E-state index contributed by atoms with van der Waals surface area (Å²) in [4.78, 5) is 0. The van der Waals surface area contributed by atoms with Gasteiger partial charge in [0.1, 0.15) is 13.2 Å². The molecule has 0 fully saturated rings. The zero-order valence-electron chi connectivity index (χ0n) is 13.3. The molecule has 0 heterocycles. The smallest absolute Gasteiger partial charge is 0.119 e. The van der Waals surface area contributed by atoms with Crippen LogP contribution in [0.1, 0.15) is 24.0 Å². The summed E-state index contributed by atoms with van der Waals surface area (Å²) in [7, 11) is -2.02. The Balaban J connectivity index is 1.52. The Morgan fingerprint density at radius 2 is 1.08 bits per heavy atom. The quantitative estimate of drug-likeness (QED) is 0.292. The first kappa shape index (κ1) is 19.7. The van der Waals surface area contributed by atoms with Gasteiger partial charge in [-0.15, -0.1) is 9.05 Å². The van der Waals surface area contributed by atoms with Crippen LogP contribution in [-0.4, -0.2) is 13.2 Å². The van der Waals surface area contributed by atoms with Gasteiger partial charge in [0.05, 0.1) is 0 Å². The van der Waals surface area contributed by atoms with Crippen molar-refractivity contribution < 1.29 is 13.6 Å². The van der Waals surface area contributed by atoms with Gasteiger partial charge >= 0.3 is 8.25 Å². The van der Waals surface area contributed by atoms with Crippen molar-refractivity contribution in [2.24, 2.45) is 0 Å². The largest absolute Gasteiger partial charge is 0.697 e. The number of halogens is 2. The van der Waals surface area contributed by atoms with Crippen LogP contribution in [0.4, 0.5) is 0 Å². The topological polar surface area (TPSA) is 35.5 Å². The van der Waals surface area contributed by atoms with Crippen molar-refractivity contribution >= 4 is 40.1 Å². The maximum atomic E-state index is 11.6. The fourth-order valence-corrected chi connectivity index (χ4v) is 3.33. The SMILES string of the molecule is O=[P+](OCCCc1ccc(Br)cc1)OCCCc1ccc(Br)cc1. The second-order valence-corrected chi connectivity index (χ2v) is 8.15. The molecule has 0 aliphatic carbocycles. The molecule has 0 saturated heterocycles. The molecule has 128 valence electrons. The molecule has 0 aliphatic heterocycles. The molecule has 0 atom stereocenters. The molecule has 24 heavy (non-hydrogen) atoms. The highest BCUT2D eigenvalue weighted by Gasteiger charge is 2.19. The first-order valence-corrected chi connectivity index (χ1v) is 10.5. The molecule has 0 unspecified atom stereocenters. The number of aryl methyl sites for hydroxylation is 2. The third-order valence-electron chi connectivity index (χ3n) is 3.44. The van der Waals surface area contributed by atoms with Gasteiger partial charge in [0.15, 0.2) is 0 Å². The predicted molar refractivity (Wildman–Crippen MR) is 104 cm³/mol. The zero-order valence-corrected chi connectivity index (χ0v) is 17.4. The van der Waals surface area contributed by atoms with Gasteiger partial charge in [0.2, 0.25) is 0 Å². The highest BCUT2D eigenvalue weighted by molar-refractivity contribution is 9.10. The first-order valence-electron chi connectivity index (χ1n) is 7.85. The first-order chi connectivity index (χ1) is 11.6. The summed E-state index contributed by atoms with van der Waals surface area (Å²) in [6.07, 6.45) is 3.45. The van der Waals surface area contributed by atoms with Crippen LogP contribution >= 0.6 is 40.1 Å². The molecule has 2 rings (SSSR count). The molecule has 6 heteroatoms. The van der Waals surface area contributed by atoms with E-state index in [0.29, 0.717) is 13.2 Å². The van der Waals surface area contributed by atoms with Gasteiger partial charge in [-0.1, -0.05) is 56.1 Å². The summed E-state index contributed by atoms with van der Waals surface area (Å²) >= 11 is 6.82. The van der Waals surface area contributed by atoms with Crippen LogP contribution in [0.25, 0.3) is 0 Å². The van der Waals surface area contributed by atoms with Crippen LogP contribution in [0.3, 0.4) is 0 Å². The second kappa shape index (κ2) is 11.1. The molecule has 0 radical (unpaired) electrons. The highest BCUT2D eigenvalue weighted by atomic mass is 79.9. The average molecular weight is 475 g/mol. The van der Waals surface area contributed by atoms with Crippen LogP contribution in [0.5, 0.6) is 0 Å². The minimum atomic E-state index is -2.02. The van der Waals surface area contributed by atoms with Gasteiger partial charge in [-0.2, -0.15) is 0 Å². The van der Waals surface area contributed by atoms with E-state index < -0.39 is 8.25 Å². The van der Waals surface area contributed by atoms with E-state index in [-0.39, 0.29) is 0 Å². The summed E-state index contributed by atoms with van der Waals surface area (Å²) < 4.78 is 24.2. The molecule has 0 aromatic heterocycles. The van der Waals surface area contributed by atoms with Gasteiger partial charge < -0.3 is 0 Å². The Hall–Kier alpha value is -0.580. The van der Waals surface area contributed by atoms with Crippen LogP contribution in [0.2, 0.25) is 0 Å². The van der Waals surface area contributed by atoms with Crippen molar-refractivity contribution in [3.63, 3.8) is 0 Å². The highest BCUT2D eigenvalue weighted by Crippen LogP contribution is 2.24. The number of hydrogen-bond acceptors (Lipinski definition) is 3. The molecular formula is C18H20Br2O3P+. The zero-order chi connectivity index (χ0) is 17.2. The Kier molecular flexibility index (Phi) is 9.14. The number of rotatable bonds is 10. The molecular weight excluding hydrogens is 455 g/mol. The van der Waals surface area contributed by atoms with Crippen molar-refractivity contribution in [2.45, 2.75) is 25.7 Å². The third kappa shape index (κ3) is 8.00. The van der Waals surface area contributed by atoms with Crippen LogP contribution in [0.15, 0.2) is 57.5 Å². The van der Waals surface area contributed by atoms with Gasteiger partial charge in [-0.3, -0.25) is 0 Å². The fourth-order valence-electron chi connectivity index (χ4n) is 2.17. The summed E-state index contributed by atoms with van der Waals surface area (Å²) in [6, 6.07) is 16.4. The minimum absolute atomic E-state index is 0.442. The average Bonchev–Trinajstić information content (AvgIpc) is 2.59. The van der Waals surface area contributed by atoms with Gasteiger partial charge in [-0.05, 0) is 61.1 Å². The minimum Gasteiger partial charge on any atom is -0.119 e. The van der Waals surface area contributed by atoms with E-state index in [9.17, 15) is 4.57 Å². The van der Waals surface area contributed by atoms with E-state index in [1.165, 1.54) is 11.1 Å². The van der Waals surface area contributed by atoms with Crippen LogP contribution in [0, 0.1) is 0 Å². The van der Waals surface area contributed by atoms with Crippen molar-refractivity contribution in [3.8, 4) is 0 Å². The van der Waals surface area contributed by atoms with E-state index in [4.69, 9.17) is 9.05 Å². The van der Waals surface area contributed by atoms with Crippen molar-refractivity contribution in [2.75, 3.05) is 13.2 Å². The monoisotopic (exact) mass is 473 g/mol. The van der Waals surface area contributed by atoms with E-state index in [2.05, 4.69) is 56.1 Å². The van der Waals surface area contributed by atoms with Gasteiger partial charge in [0.25, 0.3) is 0 Å². The number of benzene rings is 2. The predicted octanol–water partition coefficient (Wildman–Crippen LogP) is 6.47. The van der Waals surface area contributed by atoms with Gasteiger partial charge in [0, 0.05) is 13.5 Å². The molecule has 0 N–H and O–H groups in total. The number of hydrogen-bond donors (Lipinski definition) is 0. The molecule has 0 bridgehead atoms. The maximum Gasteiger partial charge on any atom is 0.697 e. The molecule has 0 saturated carbocycles. The van der Waals surface area contributed by atoms with E-state index in [1.807, 2.05) is 24.3 Å². The maximum absolute atomic E-state index is 11.6. The lowest BCUT2D eigenvalue weighted by atomic mass is 10.1. The Morgan fingerprint density at radius 3 is 1.46 bits per heavy atom. The van der Waals surface area contributed by atoms with Crippen molar-refractivity contribution in [1.82, 2.24) is 0 Å². The lowest BCUT2D eigenvalue weighted by Gasteiger charge is -2.00. The van der Waals surface area contributed by atoms with Crippen LogP contribution < -0.4 is 0 Å². The summed E-state index contributed by atoms with van der Waals surface area (Å²) in [6.45, 7) is 0.885. The third-order valence-corrected chi connectivity index (χ3v) is 5.28. The summed E-state index contributed by atoms with van der Waals surface area (Å²) in [5.41, 5.74) is 2.49. The Labute approximate surface area is 161 Å². The Morgan fingerprint density at radius 1 is 0.708 bits per heavy atom. The van der Waals surface area contributed by atoms with Crippen LogP contribution in [-0.2, 0) is 26.5 Å². The summed E-state index contributed by atoms with van der Waals surface area (Å²) in [5, 5.41) is 0. The van der Waals surface area contributed by atoms with E-state index >= 15 is 0 Å². The van der Waals surface area contributed by atoms with Crippen molar-refractivity contribution in [1.29, 1.82) is 0 Å². The second-order valence-electron chi connectivity index (χ2n) is 5.35. The van der Waals surface area contributed by atoms with E-state index in [1.54, 1.807) is 0 Å². The lowest BCUT2D eigenvalue weighted by molar-refractivity contribution is 0.222. The molecule has 0 spiro atoms. The Bertz CT molecular complexity index is 574. The summed E-state index contributed by atoms with van der Waals surface area (Å²) in [5.74, 6) is 0. The van der Waals surface area contributed by atoms with E-state index in [0.717, 1.165) is 34.6 Å². The fraction of sp³-hybridized carbons (Fsp3) is 0.333. The normalized spacial score (nSPS) is 10.8. The lowest BCUT2D eigenvalue weighted by Crippen LogP contribution is -1.95. The van der Waals surface area contributed by atoms with Gasteiger partial charge in [-0.25, -0.2) is 0 Å². The molecule has 3 nitrogen and oxygen atoms in total. The van der Waals surface area contributed by atoms with Crippen molar-refractivity contribution in [3.05, 3.63) is 68.6 Å².